The van der Waals surface area contributed by atoms with Crippen molar-refractivity contribution < 1.29 is 13.2 Å². The first-order valence-electron chi connectivity index (χ1n) is 7.74. The molecule has 0 unspecified atom stereocenters. The number of halogens is 1. The van der Waals surface area contributed by atoms with Gasteiger partial charge in [-0.1, -0.05) is 48.9 Å². The van der Waals surface area contributed by atoms with Crippen molar-refractivity contribution >= 4 is 55.8 Å². The average molecular weight is 435 g/mol. The fraction of sp³-hybridized carbons (Fsp3) is 0.400. The van der Waals surface area contributed by atoms with Gasteiger partial charge in [0.25, 0.3) is 10.0 Å². The van der Waals surface area contributed by atoms with Crippen LogP contribution >= 0.6 is 34.7 Å². The van der Waals surface area contributed by atoms with E-state index < -0.39 is 10.0 Å². The molecule has 1 amide bonds. The Balaban J connectivity index is 1.79. The van der Waals surface area contributed by atoms with Gasteiger partial charge in [0, 0.05) is 29.0 Å². The van der Waals surface area contributed by atoms with Crippen LogP contribution in [0.4, 0.5) is 5.13 Å². The number of rotatable bonds is 9. The Kier molecular flexibility index (Phi) is 7.84. The molecule has 142 valence electrons. The minimum atomic E-state index is -3.74. The summed E-state index contributed by atoms with van der Waals surface area (Å²) in [6, 6.07) is 7.54. The van der Waals surface area contributed by atoms with Crippen LogP contribution in [0.2, 0.25) is 5.02 Å². The van der Waals surface area contributed by atoms with Gasteiger partial charge in [-0.2, -0.15) is 11.8 Å². The Morgan fingerprint density at radius 3 is 2.81 bits per heavy atom. The van der Waals surface area contributed by atoms with Crippen molar-refractivity contribution in [2.75, 3.05) is 17.6 Å². The summed E-state index contributed by atoms with van der Waals surface area (Å²) in [6.45, 7) is 3.73. The summed E-state index contributed by atoms with van der Waals surface area (Å²) >= 11 is 8.34. The number of aromatic nitrogens is 2. The zero-order valence-electron chi connectivity index (χ0n) is 14.2. The molecule has 0 fully saturated rings. The normalized spacial score (nSPS) is 11.7. The van der Waals surface area contributed by atoms with E-state index >= 15 is 0 Å². The SMILES string of the molecule is CC(C)C(=O)Nc1nnc(S(=O)(=O)NCCSCc2cccc(Cl)c2)s1. The number of hydrogen-bond acceptors (Lipinski definition) is 7. The topological polar surface area (TPSA) is 101 Å². The molecule has 0 bridgehead atoms. The summed E-state index contributed by atoms with van der Waals surface area (Å²) < 4.78 is 26.7. The lowest BCUT2D eigenvalue weighted by atomic mass is 10.2. The minimum absolute atomic E-state index is 0.166. The molecule has 2 rings (SSSR count). The molecule has 0 aliphatic heterocycles. The molecular formula is C15H19ClN4O3S3. The second-order valence-electron chi connectivity index (χ2n) is 5.60. The van der Waals surface area contributed by atoms with Gasteiger partial charge in [-0.15, -0.1) is 10.2 Å². The molecule has 0 aliphatic carbocycles. The van der Waals surface area contributed by atoms with Crippen LogP contribution in [0.3, 0.4) is 0 Å². The molecule has 7 nitrogen and oxygen atoms in total. The van der Waals surface area contributed by atoms with Crippen molar-refractivity contribution in [2.24, 2.45) is 5.92 Å². The highest BCUT2D eigenvalue weighted by Gasteiger charge is 2.20. The quantitative estimate of drug-likeness (QED) is 0.464. The van der Waals surface area contributed by atoms with Crippen LogP contribution in [-0.4, -0.2) is 36.8 Å². The Labute approximate surface area is 166 Å². The zero-order valence-corrected chi connectivity index (χ0v) is 17.4. The number of nitrogens with zero attached hydrogens (tertiary/aromatic N) is 2. The summed E-state index contributed by atoms with van der Waals surface area (Å²) in [5, 5.41) is 10.7. The maximum absolute atomic E-state index is 12.2. The number of carbonyl (C=O) groups excluding carboxylic acids is 1. The molecule has 0 radical (unpaired) electrons. The third kappa shape index (κ3) is 6.51. The molecule has 0 saturated carbocycles. The van der Waals surface area contributed by atoms with Gasteiger partial charge in [-0.25, -0.2) is 13.1 Å². The minimum Gasteiger partial charge on any atom is -0.300 e. The lowest BCUT2D eigenvalue weighted by Gasteiger charge is -2.04. The number of amides is 1. The van der Waals surface area contributed by atoms with E-state index in [2.05, 4.69) is 20.2 Å². The molecule has 1 aromatic heterocycles. The van der Waals surface area contributed by atoms with Crippen LogP contribution in [-0.2, 0) is 20.6 Å². The van der Waals surface area contributed by atoms with Crippen LogP contribution in [0.25, 0.3) is 0 Å². The Morgan fingerprint density at radius 2 is 2.12 bits per heavy atom. The highest BCUT2D eigenvalue weighted by molar-refractivity contribution is 7.98. The van der Waals surface area contributed by atoms with Gasteiger partial charge < -0.3 is 5.32 Å². The van der Waals surface area contributed by atoms with Crippen LogP contribution in [0.1, 0.15) is 19.4 Å². The van der Waals surface area contributed by atoms with E-state index in [1.165, 1.54) is 0 Å². The predicted octanol–water partition coefficient (Wildman–Crippen LogP) is 3.00. The maximum atomic E-state index is 12.2. The number of benzene rings is 1. The summed E-state index contributed by atoms with van der Waals surface area (Å²) in [5.74, 6) is 0.873. The van der Waals surface area contributed by atoms with Crippen molar-refractivity contribution in [3.8, 4) is 0 Å². The summed E-state index contributed by atoms with van der Waals surface area (Å²) in [5.41, 5.74) is 1.08. The van der Waals surface area contributed by atoms with Crippen molar-refractivity contribution in [1.29, 1.82) is 0 Å². The standard InChI is InChI=1S/C15H19ClN4O3S3/c1-10(2)13(21)18-14-19-20-15(25-14)26(22,23)17-6-7-24-9-11-4-3-5-12(16)8-11/h3-5,8,10,17H,6-7,9H2,1-2H3,(H,18,19,21). The number of sulfonamides is 1. The van der Waals surface area contributed by atoms with Crippen LogP contribution in [0.5, 0.6) is 0 Å². The molecule has 0 spiro atoms. The molecule has 0 saturated heterocycles. The van der Waals surface area contributed by atoms with Gasteiger partial charge in [-0.3, -0.25) is 4.79 Å². The number of hydrogen-bond donors (Lipinski definition) is 2. The second kappa shape index (κ2) is 9.65. The number of nitrogens with one attached hydrogen (secondary N) is 2. The van der Waals surface area contributed by atoms with E-state index in [1.54, 1.807) is 25.6 Å². The molecule has 11 heteroatoms. The van der Waals surface area contributed by atoms with Crippen molar-refractivity contribution in [2.45, 2.75) is 23.9 Å². The molecular weight excluding hydrogens is 416 g/mol. The van der Waals surface area contributed by atoms with Gasteiger partial charge in [0.05, 0.1) is 0 Å². The molecule has 26 heavy (non-hydrogen) atoms. The largest absolute Gasteiger partial charge is 0.300 e. The maximum Gasteiger partial charge on any atom is 0.269 e. The van der Waals surface area contributed by atoms with Crippen molar-refractivity contribution in [3.63, 3.8) is 0 Å². The van der Waals surface area contributed by atoms with Gasteiger partial charge in [0.2, 0.25) is 15.4 Å². The number of anilines is 1. The average Bonchev–Trinajstić information content (AvgIpc) is 3.04. The first-order valence-corrected chi connectivity index (χ1v) is 11.6. The van der Waals surface area contributed by atoms with E-state index in [4.69, 9.17) is 11.6 Å². The Bertz CT molecular complexity index is 855. The summed E-state index contributed by atoms with van der Waals surface area (Å²) in [6.07, 6.45) is 0. The van der Waals surface area contributed by atoms with E-state index in [-0.39, 0.29) is 27.8 Å². The zero-order chi connectivity index (χ0) is 19.2. The molecule has 1 aromatic carbocycles. The van der Waals surface area contributed by atoms with E-state index in [1.807, 2.05) is 24.3 Å². The van der Waals surface area contributed by atoms with Crippen LogP contribution in [0.15, 0.2) is 28.6 Å². The Hall–Kier alpha value is -1.20. The van der Waals surface area contributed by atoms with Crippen molar-refractivity contribution in [1.82, 2.24) is 14.9 Å². The van der Waals surface area contributed by atoms with E-state index in [0.717, 1.165) is 22.7 Å². The van der Waals surface area contributed by atoms with Crippen LogP contribution in [0, 0.1) is 5.92 Å². The molecule has 1 heterocycles. The molecule has 0 aliphatic rings. The highest BCUT2D eigenvalue weighted by Crippen LogP contribution is 2.20. The second-order valence-corrected chi connectivity index (χ2v) is 10.1. The number of carbonyl (C=O) groups is 1. The third-order valence-electron chi connectivity index (χ3n) is 3.09. The lowest BCUT2D eigenvalue weighted by molar-refractivity contribution is -0.118. The fourth-order valence-electron chi connectivity index (χ4n) is 1.75. The first-order chi connectivity index (χ1) is 12.3. The molecule has 2 aromatic rings. The summed E-state index contributed by atoms with van der Waals surface area (Å²) in [7, 11) is -3.74. The third-order valence-corrected chi connectivity index (χ3v) is 7.02. The lowest BCUT2D eigenvalue weighted by Crippen LogP contribution is -2.26. The van der Waals surface area contributed by atoms with Gasteiger partial charge in [0.1, 0.15) is 0 Å². The number of thioether (sulfide) groups is 1. The van der Waals surface area contributed by atoms with Gasteiger partial charge >= 0.3 is 0 Å². The predicted molar refractivity (Wildman–Crippen MR) is 106 cm³/mol. The molecule has 2 N–H and O–H groups in total. The molecule has 0 atom stereocenters. The van der Waals surface area contributed by atoms with E-state index in [9.17, 15) is 13.2 Å². The monoisotopic (exact) mass is 434 g/mol. The summed E-state index contributed by atoms with van der Waals surface area (Å²) in [4.78, 5) is 11.6. The smallest absolute Gasteiger partial charge is 0.269 e. The van der Waals surface area contributed by atoms with Gasteiger partial charge in [-0.05, 0) is 17.7 Å². The van der Waals surface area contributed by atoms with Crippen molar-refractivity contribution in [3.05, 3.63) is 34.9 Å². The van der Waals surface area contributed by atoms with Gasteiger partial charge in [0.15, 0.2) is 0 Å². The van der Waals surface area contributed by atoms with Crippen LogP contribution < -0.4 is 10.0 Å². The van der Waals surface area contributed by atoms with E-state index in [0.29, 0.717) is 10.8 Å². The Morgan fingerprint density at radius 1 is 1.35 bits per heavy atom. The highest BCUT2D eigenvalue weighted by atomic mass is 35.5. The fourth-order valence-corrected chi connectivity index (χ4v) is 4.87. The first kappa shape index (κ1) is 21.1.